The number of hydrogen-bond donors (Lipinski definition) is 1. The Bertz CT molecular complexity index is 1430. The van der Waals surface area contributed by atoms with Gasteiger partial charge in [0.15, 0.2) is 0 Å². The van der Waals surface area contributed by atoms with Crippen LogP contribution in [-0.2, 0) is 17.1 Å². The third-order valence-electron chi connectivity index (χ3n) is 6.72. The number of carbonyl (C=O) groups is 1. The van der Waals surface area contributed by atoms with E-state index in [1.807, 2.05) is 36.4 Å². The first-order chi connectivity index (χ1) is 21.5. The summed E-state index contributed by atoms with van der Waals surface area (Å²) in [6, 6.07) is 9.29. The number of allylic oxidation sites excluding steroid dienone is 4. The number of primary amides is 1. The van der Waals surface area contributed by atoms with Gasteiger partial charge in [0.25, 0.3) is 0 Å². The molecule has 46 heavy (non-hydrogen) atoms. The molecule has 0 aliphatic rings. The van der Waals surface area contributed by atoms with Gasteiger partial charge in [-0.2, -0.15) is 26.3 Å². The Balaban J connectivity index is 0.000000758. The summed E-state index contributed by atoms with van der Waals surface area (Å²) in [6.07, 6.45) is 6.04. The van der Waals surface area contributed by atoms with Crippen LogP contribution in [0.4, 0.5) is 26.3 Å². The Labute approximate surface area is 270 Å². The zero-order chi connectivity index (χ0) is 35.5. The van der Waals surface area contributed by atoms with E-state index in [1.165, 1.54) is 26.8 Å². The molecule has 2 aromatic carbocycles. The minimum absolute atomic E-state index is 0.0897. The van der Waals surface area contributed by atoms with Crippen LogP contribution < -0.4 is 16.2 Å². The van der Waals surface area contributed by atoms with Crippen LogP contribution in [0.2, 0.25) is 0 Å². The molecule has 0 aliphatic heterocycles. The van der Waals surface area contributed by atoms with Crippen LogP contribution in [0.1, 0.15) is 90.3 Å². The molecular weight excluding hydrogens is 602 g/mol. The topological polar surface area (TPSA) is 55.5 Å². The molecule has 2 N–H and O–H groups in total. The third kappa shape index (κ3) is 15.9. The summed E-state index contributed by atoms with van der Waals surface area (Å²) < 4.78 is 75.0. The van der Waals surface area contributed by atoms with Crippen LogP contribution >= 0.6 is 0 Å². The maximum absolute atomic E-state index is 12.5. The summed E-state index contributed by atoms with van der Waals surface area (Å²) >= 11 is 0. The van der Waals surface area contributed by atoms with E-state index in [2.05, 4.69) is 64.4 Å². The van der Waals surface area contributed by atoms with Crippen molar-refractivity contribution in [2.45, 2.75) is 86.0 Å². The van der Waals surface area contributed by atoms with Crippen molar-refractivity contribution in [3.63, 3.8) is 0 Å². The molecule has 1 unspecified atom stereocenters. The summed E-state index contributed by atoms with van der Waals surface area (Å²) in [7, 11) is 1.29. The molecule has 0 fully saturated rings. The largest absolute Gasteiger partial charge is 0.416 e. The number of nitrogens with two attached hydrogens (primary N) is 1. The number of benzene rings is 2. The van der Waals surface area contributed by atoms with E-state index in [1.54, 1.807) is 0 Å². The van der Waals surface area contributed by atoms with Gasteiger partial charge in [0.1, 0.15) is 0 Å². The van der Waals surface area contributed by atoms with Crippen molar-refractivity contribution in [3.8, 4) is 0 Å². The van der Waals surface area contributed by atoms with Gasteiger partial charge >= 0.3 is 12.4 Å². The fourth-order valence-electron chi connectivity index (χ4n) is 3.76. The molecule has 0 aromatic heterocycles. The number of unbranched alkanes of at least 4 members (excludes halogenated alkanes) is 2. The first-order valence-electron chi connectivity index (χ1n) is 15.3. The van der Waals surface area contributed by atoms with Gasteiger partial charge in [0, 0.05) is 18.3 Å². The van der Waals surface area contributed by atoms with Crippen LogP contribution in [0.3, 0.4) is 0 Å². The number of rotatable bonds is 10. The van der Waals surface area contributed by atoms with E-state index in [0.29, 0.717) is 23.6 Å². The Morgan fingerprint density at radius 2 is 1.50 bits per heavy atom. The molecule has 0 radical (unpaired) electrons. The quantitative estimate of drug-likeness (QED) is 0.0900. The normalized spacial score (nSPS) is 13.9. The molecule has 0 spiro atoms. The van der Waals surface area contributed by atoms with Crippen molar-refractivity contribution in [2.24, 2.45) is 16.6 Å². The summed E-state index contributed by atoms with van der Waals surface area (Å²) in [5, 5.41) is 1.96. The lowest BCUT2D eigenvalue weighted by Crippen LogP contribution is -2.23. The predicted octanol–water partition coefficient (Wildman–Crippen LogP) is 9.59. The van der Waals surface area contributed by atoms with Gasteiger partial charge in [0.2, 0.25) is 5.91 Å². The lowest BCUT2D eigenvalue weighted by atomic mass is 9.96. The van der Waals surface area contributed by atoms with E-state index in [-0.39, 0.29) is 23.2 Å². The van der Waals surface area contributed by atoms with Gasteiger partial charge < -0.3 is 5.73 Å². The lowest BCUT2D eigenvalue weighted by molar-refractivity contribution is -0.143. The smallest absolute Gasteiger partial charge is 0.366 e. The molecule has 1 atom stereocenters. The zero-order valence-corrected chi connectivity index (χ0v) is 27.9. The van der Waals surface area contributed by atoms with Gasteiger partial charge in [-0.25, -0.2) is 0 Å². The average Bonchev–Trinajstić information content (AvgIpc) is 3.00. The molecule has 0 heterocycles. The van der Waals surface area contributed by atoms with E-state index in [4.69, 9.17) is 5.73 Å². The highest BCUT2D eigenvalue weighted by Crippen LogP contribution is 2.36. The maximum atomic E-state index is 12.5. The second kappa shape index (κ2) is 21.0. The highest BCUT2D eigenvalue weighted by Gasteiger charge is 2.37. The first-order valence-corrected chi connectivity index (χ1v) is 15.3. The van der Waals surface area contributed by atoms with E-state index in [9.17, 15) is 31.1 Å². The molecule has 0 saturated carbocycles. The molecular formula is C37H48F6N2O. The van der Waals surface area contributed by atoms with Crippen LogP contribution in [-0.4, -0.2) is 18.7 Å². The number of carbonyl (C=O) groups excluding carboxylic acids is 1. The lowest BCUT2D eigenvalue weighted by Gasteiger charge is -2.14. The summed E-state index contributed by atoms with van der Waals surface area (Å²) in [4.78, 5) is 15.5. The molecule has 0 aliphatic carbocycles. The number of aliphatic imine (C=N–C) groups is 1. The third-order valence-corrected chi connectivity index (χ3v) is 6.72. The monoisotopic (exact) mass is 650 g/mol. The second-order valence-corrected chi connectivity index (χ2v) is 10.6. The SMILES string of the molecule is C/C=C/CCC.C=c1cccc/c1=C/C(=C\C(C)CC)C(=C\CCC)/C(N)=O.CN=C(C)c1cc(C(F)(F)F)cc(C(F)(F)F)c1. The summed E-state index contributed by atoms with van der Waals surface area (Å²) in [6.45, 7) is 16.0. The molecule has 0 bridgehead atoms. The standard InChI is InChI=1S/C20H27NO.C11H9F6N.C6H12/c1-5-7-12-19(20(21)22)18(13-15(3)6-2)14-17-11-9-8-10-16(17)4;1-6(18-2)7-3-8(10(12,13)14)5-9(4-7)11(15,16)17;1-3-5-6-4-2/h8-15H,4-7H2,1-3H3,(H2,21,22);3-5H,1-2H3;3,5H,4,6H2,1-2H3/b17-14-,18-13+,19-12+;;5-3+. The fourth-order valence-corrected chi connectivity index (χ4v) is 3.76. The minimum Gasteiger partial charge on any atom is -0.366 e. The highest BCUT2D eigenvalue weighted by atomic mass is 19.4. The van der Waals surface area contributed by atoms with Gasteiger partial charge in [-0.05, 0) is 78.5 Å². The van der Waals surface area contributed by atoms with Crippen LogP contribution in [0.25, 0.3) is 12.7 Å². The first kappa shape index (κ1) is 42.1. The second-order valence-electron chi connectivity index (χ2n) is 10.6. The molecule has 9 heteroatoms. The van der Waals surface area contributed by atoms with Crippen LogP contribution in [0.5, 0.6) is 0 Å². The number of halogens is 6. The number of hydrogen-bond acceptors (Lipinski definition) is 2. The van der Waals surface area contributed by atoms with Gasteiger partial charge in [-0.1, -0.05) is 102 Å². The molecule has 254 valence electrons. The Kier molecular flexibility index (Phi) is 19.2. The molecule has 2 rings (SSSR count). The van der Waals surface area contributed by atoms with Crippen molar-refractivity contribution >= 4 is 24.3 Å². The van der Waals surface area contributed by atoms with Gasteiger partial charge in [-0.3, -0.25) is 9.79 Å². The average molecular weight is 651 g/mol. The molecule has 1 amide bonds. The summed E-state index contributed by atoms with van der Waals surface area (Å²) in [5.74, 6) is 0.00778. The maximum Gasteiger partial charge on any atom is 0.416 e. The van der Waals surface area contributed by atoms with E-state index >= 15 is 0 Å². The van der Waals surface area contributed by atoms with Crippen molar-refractivity contribution in [1.82, 2.24) is 0 Å². The van der Waals surface area contributed by atoms with Crippen LogP contribution in [0, 0.1) is 5.92 Å². The van der Waals surface area contributed by atoms with Crippen molar-refractivity contribution in [2.75, 3.05) is 7.05 Å². The fraction of sp³-hybridized carbons (Fsp3) is 0.405. The van der Waals surface area contributed by atoms with E-state index in [0.717, 1.165) is 35.3 Å². The van der Waals surface area contributed by atoms with Crippen molar-refractivity contribution in [3.05, 3.63) is 105 Å². The van der Waals surface area contributed by atoms with Crippen LogP contribution in [0.15, 0.2) is 82.9 Å². The minimum atomic E-state index is -4.83. The molecule has 0 saturated heterocycles. The van der Waals surface area contributed by atoms with E-state index < -0.39 is 23.5 Å². The number of nitrogens with zero attached hydrogens (tertiary/aromatic N) is 1. The zero-order valence-electron chi connectivity index (χ0n) is 27.9. The Morgan fingerprint density at radius 3 is 1.89 bits per heavy atom. The summed E-state index contributed by atoms with van der Waals surface area (Å²) in [5.41, 5.74) is 4.33. The predicted molar refractivity (Wildman–Crippen MR) is 180 cm³/mol. The van der Waals surface area contributed by atoms with Crippen molar-refractivity contribution < 1.29 is 31.1 Å². The highest BCUT2D eigenvalue weighted by molar-refractivity contribution is 5.99. The van der Waals surface area contributed by atoms with Crippen molar-refractivity contribution in [1.29, 1.82) is 0 Å². The van der Waals surface area contributed by atoms with Gasteiger partial charge in [-0.15, -0.1) is 0 Å². The Hall–Kier alpha value is -3.88. The number of amides is 1. The number of alkyl halides is 6. The molecule has 3 nitrogen and oxygen atoms in total. The Morgan fingerprint density at radius 1 is 0.957 bits per heavy atom. The van der Waals surface area contributed by atoms with Gasteiger partial charge in [0.05, 0.1) is 11.1 Å². The molecule has 2 aromatic rings.